The number of aliphatic hydroxyl groups is 2. The lowest BCUT2D eigenvalue weighted by atomic mass is 9.94. The van der Waals surface area contributed by atoms with Gasteiger partial charge in [-0.1, -0.05) is 18.2 Å². The second-order valence-corrected chi connectivity index (χ2v) is 11.4. The van der Waals surface area contributed by atoms with Crippen LogP contribution in [-0.2, 0) is 23.4 Å². The van der Waals surface area contributed by atoms with Gasteiger partial charge in [-0.25, -0.2) is 13.8 Å². The van der Waals surface area contributed by atoms with Crippen LogP contribution in [0, 0.1) is 0 Å². The number of carbonyl (C=O) groups is 1. The Bertz CT molecular complexity index is 1360. The van der Waals surface area contributed by atoms with Crippen molar-refractivity contribution in [1.29, 1.82) is 0 Å². The third kappa shape index (κ3) is 4.61. The van der Waals surface area contributed by atoms with E-state index in [1.165, 1.54) is 19.1 Å². The molecule has 1 aromatic carbocycles. The van der Waals surface area contributed by atoms with Crippen molar-refractivity contribution in [2.45, 2.75) is 69.0 Å². The molecule has 15 heteroatoms. The first-order valence-corrected chi connectivity index (χ1v) is 13.3. The number of nitrogens with one attached hydrogen (secondary N) is 2. The number of halogens is 1. The van der Waals surface area contributed by atoms with Crippen molar-refractivity contribution in [3.8, 4) is 5.75 Å². The minimum Gasteiger partial charge on any atom is -0.462 e. The molecular weight excluding hydrogens is 528 g/mol. The fourth-order valence-corrected chi connectivity index (χ4v) is 5.97. The third-order valence-electron chi connectivity index (χ3n) is 6.49. The molecule has 0 spiro atoms. The van der Waals surface area contributed by atoms with E-state index in [-0.39, 0.29) is 5.75 Å². The Kier molecular flexibility index (Phi) is 7.19. The molecule has 2 aromatic rings. The van der Waals surface area contributed by atoms with E-state index < -0.39 is 72.9 Å². The van der Waals surface area contributed by atoms with E-state index in [9.17, 15) is 29.2 Å². The Balaban J connectivity index is 1.61. The maximum atomic E-state index is 15.2. The molecule has 1 aromatic heterocycles. The van der Waals surface area contributed by atoms with Crippen molar-refractivity contribution in [2.24, 2.45) is 0 Å². The Morgan fingerprint density at radius 3 is 2.50 bits per heavy atom. The number of aromatic amines is 1. The third-order valence-corrected chi connectivity index (χ3v) is 8.11. The van der Waals surface area contributed by atoms with Crippen LogP contribution < -0.4 is 20.9 Å². The van der Waals surface area contributed by atoms with Gasteiger partial charge in [-0.2, -0.15) is 5.09 Å². The zero-order valence-corrected chi connectivity index (χ0v) is 21.9. The van der Waals surface area contributed by atoms with Gasteiger partial charge in [-0.3, -0.25) is 23.7 Å². The Morgan fingerprint density at radius 1 is 1.24 bits per heavy atom. The van der Waals surface area contributed by atoms with Crippen LogP contribution in [0.2, 0.25) is 0 Å². The van der Waals surface area contributed by atoms with E-state index in [0.29, 0.717) is 0 Å². The number of para-hydroxylation sites is 1. The molecule has 1 saturated carbocycles. The number of ether oxygens (including phenoxy) is 2. The van der Waals surface area contributed by atoms with Crippen LogP contribution in [0.5, 0.6) is 5.75 Å². The van der Waals surface area contributed by atoms with Crippen molar-refractivity contribution in [1.82, 2.24) is 14.6 Å². The van der Waals surface area contributed by atoms with E-state index in [4.69, 9.17) is 18.5 Å². The first-order valence-electron chi connectivity index (χ1n) is 11.7. The van der Waals surface area contributed by atoms with Gasteiger partial charge in [0.25, 0.3) is 5.56 Å². The highest BCUT2D eigenvalue weighted by Gasteiger charge is 2.93. The molecule has 2 heterocycles. The first kappa shape index (κ1) is 28.1. The zero-order valence-electron chi connectivity index (χ0n) is 21.0. The molecule has 0 bridgehead atoms. The molecule has 2 aliphatic rings. The normalized spacial score (nSPS) is 32.3. The predicted molar refractivity (Wildman–Crippen MR) is 129 cm³/mol. The highest BCUT2D eigenvalue weighted by Crippen LogP contribution is 2.69. The first-order chi connectivity index (χ1) is 17.7. The number of rotatable bonds is 10. The standard InChI is InChI=1S/C23H29FN3O10P/c1-13(2)35-17(29)14(3)26-38(33,37-15-8-6-5-7-9-15)34-12-22-18(24)23(22,32)21(4,31)19(36-22)27-11-10-16(28)25-20(27)30/h5-11,13-14,18-19,31-32H,12H2,1-4H3,(H,26,33)(H,25,28,30)/t14?,18-,19-,21+,22+,23+,38?/m1/s1. The SMILES string of the molecule is CC(C)OC(=O)C(C)NP(=O)(OC[C@@]12O[C@@H](n3ccc(=O)[nH]c3=O)[C@](C)(O)[C@@]1(O)[C@@H]2F)Oc1ccccc1. The number of esters is 1. The van der Waals surface area contributed by atoms with E-state index in [2.05, 4.69) is 5.09 Å². The molecule has 1 saturated heterocycles. The number of fused-ring (bicyclic) bond motifs is 1. The number of benzene rings is 1. The molecule has 2 fully saturated rings. The Labute approximate surface area is 216 Å². The maximum Gasteiger partial charge on any atom is 0.459 e. The summed E-state index contributed by atoms with van der Waals surface area (Å²) < 4.78 is 51.4. The number of hydrogen-bond acceptors (Lipinski definition) is 10. The molecule has 4 N–H and O–H groups in total. The number of aromatic nitrogens is 2. The van der Waals surface area contributed by atoms with Gasteiger partial charge in [0, 0.05) is 12.3 Å². The summed E-state index contributed by atoms with van der Waals surface area (Å²) in [7, 11) is -4.48. The van der Waals surface area contributed by atoms with E-state index in [0.717, 1.165) is 23.8 Å². The van der Waals surface area contributed by atoms with Crippen LogP contribution in [0.1, 0.15) is 33.9 Å². The highest BCUT2D eigenvalue weighted by molar-refractivity contribution is 7.52. The molecule has 4 rings (SSSR count). The van der Waals surface area contributed by atoms with Crippen molar-refractivity contribution in [3.05, 3.63) is 63.4 Å². The number of H-pyrrole nitrogens is 1. The van der Waals surface area contributed by atoms with Crippen LogP contribution in [0.25, 0.3) is 0 Å². The molecule has 2 unspecified atom stereocenters. The summed E-state index contributed by atoms with van der Waals surface area (Å²) in [5.74, 6) is -0.673. The Hall–Kier alpha value is -2.87. The number of nitrogens with zero attached hydrogens (tertiary/aromatic N) is 1. The van der Waals surface area contributed by atoms with Gasteiger partial charge in [-0.05, 0) is 39.8 Å². The van der Waals surface area contributed by atoms with Gasteiger partial charge in [0.05, 0.1) is 12.7 Å². The summed E-state index contributed by atoms with van der Waals surface area (Å²) in [5, 5.41) is 24.6. The molecule has 0 amide bonds. The molecule has 0 radical (unpaired) electrons. The summed E-state index contributed by atoms with van der Waals surface area (Å²) >= 11 is 0. The number of alkyl halides is 1. The lowest BCUT2D eigenvalue weighted by Gasteiger charge is -2.31. The lowest BCUT2D eigenvalue weighted by molar-refractivity contribution is -0.159. The average molecular weight is 557 g/mol. The van der Waals surface area contributed by atoms with Gasteiger partial charge >= 0.3 is 19.4 Å². The molecule has 7 atom stereocenters. The molecular formula is C23H29FN3O10P. The van der Waals surface area contributed by atoms with E-state index >= 15 is 4.39 Å². The monoisotopic (exact) mass is 557 g/mol. The molecule has 1 aliphatic heterocycles. The number of carbonyl (C=O) groups excluding carboxylic acids is 1. The maximum absolute atomic E-state index is 15.2. The molecule has 13 nitrogen and oxygen atoms in total. The lowest BCUT2D eigenvalue weighted by Crippen LogP contribution is -2.50. The topological polar surface area (TPSA) is 178 Å². The van der Waals surface area contributed by atoms with E-state index in [1.54, 1.807) is 32.0 Å². The summed E-state index contributed by atoms with van der Waals surface area (Å²) in [6.45, 7) is 4.75. The summed E-state index contributed by atoms with van der Waals surface area (Å²) in [6, 6.07) is 7.59. The van der Waals surface area contributed by atoms with Gasteiger partial charge in [0.15, 0.2) is 23.6 Å². The summed E-state index contributed by atoms with van der Waals surface area (Å²) in [6.07, 6.45) is -3.30. The van der Waals surface area contributed by atoms with Crippen LogP contribution in [-0.4, -0.2) is 67.5 Å². The van der Waals surface area contributed by atoms with Gasteiger partial charge in [0.2, 0.25) is 0 Å². The minimum atomic E-state index is -4.48. The molecule has 1 aliphatic carbocycles. The van der Waals surface area contributed by atoms with Crippen LogP contribution in [0.4, 0.5) is 4.39 Å². The fourth-order valence-electron chi connectivity index (χ4n) is 4.45. The smallest absolute Gasteiger partial charge is 0.459 e. The summed E-state index contributed by atoms with van der Waals surface area (Å²) in [4.78, 5) is 38.1. The van der Waals surface area contributed by atoms with Gasteiger partial charge in [-0.15, -0.1) is 0 Å². The van der Waals surface area contributed by atoms with Crippen molar-refractivity contribution < 1.29 is 42.5 Å². The van der Waals surface area contributed by atoms with Crippen LogP contribution >= 0.6 is 7.75 Å². The Morgan fingerprint density at radius 2 is 1.89 bits per heavy atom. The molecule has 38 heavy (non-hydrogen) atoms. The fraction of sp³-hybridized carbons (Fsp3) is 0.522. The second-order valence-electron chi connectivity index (χ2n) is 9.67. The second kappa shape index (κ2) is 9.70. The average Bonchev–Trinajstić information content (AvgIpc) is 3.23. The van der Waals surface area contributed by atoms with Crippen LogP contribution in [0.3, 0.4) is 0 Å². The van der Waals surface area contributed by atoms with E-state index in [1.807, 2.05) is 4.98 Å². The zero-order chi connectivity index (χ0) is 28.1. The predicted octanol–water partition coefficient (Wildman–Crippen LogP) is 0.771. The minimum absolute atomic E-state index is 0.0881. The highest BCUT2D eigenvalue weighted by atomic mass is 31.2. The largest absolute Gasteiger partial charge is 0.462 e. The van der Waals surface area contributed by atoms with Gasteiger partial charge < -0.3 is 24.2 Å². The van der Waals surface area contributed by atoms with Crippen molar-refractivity contribution >= 4 is 13.7 Å². The number of hydrogen-bond donors (Lipinski definition) is 4. The quantitative estimate of drug-likeness (QED) is 0.240. The van der Waals surface area contributed by atoms with Crippen LogP contribution in [0.15, 0.2) is 52.2 Å². The summed E-state index contributed by atoms with van der Waals surface area (Å²) in [5.41, 5.74) is -8.93. The molecule has 208 valence electrons. The van der Waals surface area contributed by atoms with Crippen molar-refractivity contribution in [3.63, 3.8) is 0 Å². The van der Waals surface area contributed by atoms with Gasteiger partial charge in [0.1, 0.15) is 17.4 Å². The van der Waals surface area contributed by atoms with Crippen molar-refractivity contribution in [2.75, 3.05) is 6.61 Å².